The van der Waals surface area contributed by atoms with Crippen molar-refractivity contribution in [1.82, 2.24) is 19.6 Å². The van der Waals surface area contributed by atoms with Gasteiger partial charge in [-0.3, -0.25) is 14.2 Å². The summed E-state index contributed by atoms with van der Waals surface area (Å²) in [6.07, 6.45) is 3.29. The molecule has 1 N–H and O–H groups in total. The zero-order valence-corrected chi connectivity index (χ0v) is 16.3. The summed E-state index contributed by atoms with van der Waals surface area (Å²) in [4.78, 5) is 12.5. The Morgan fingerprint density at radius 2 is 1.96 bits per heavy atom. The Morgan fingerprint density at radius 3 is 2.62 bits per heavy atom. The third-order valence-electron chi connectivity index (χ3n) is 3.90. The van der Waals surface area contributed by atoms with Crippen molar-refractivity contribution in [2.75, 3.05) is 5.32 Å². The van der Waals surface area contributed by atoms with E-state index in [1.807, 2.05) is 19.1 Å². The smallest absolute Gasteiger partial charge is 0.250 e. The molecule has 0 aliphatic carbocycles. The fourth-order valence-corrected chi connectivity index (χ4v) is 3.02. The molecule has 136 valence electrons. The molecule has 0 bridgehead atoms. The first kappa shape index (κ1) is 18.8. The highest BCUT2D eigenvalue weighted by Gasteiger charge is 2.19. The number of rotatable bonds is 5. The molecular weight excluding hydrogens is 397 g/mol. The third-order valence-corrected chi connectivity index (χ3v) is 4.92. The van der Waals surface area contributed by atoms with E-state index in [1.54, 1.807) is 40.8 Å². The van der Waals surface area contributed by atoms with Crippen LogP contribution in [0.15, 0.2) is 36.7 Å². The molecule has 1 aromatic carbocycles. The number of nitrogens with one attached hydrogen (secondary N) is 1. The molecule has 3 rings (SSSR count). The van der Waals surface area contributed by atoms with Crippen molar-refractivity contribution in [2.45, 2.75) is 26.4 Å². The standard InChI is InChI=1S/C17H16Cl3N5O/c1-10-5-6-21-25(10)11(2)17(26)22-16-15(20)9-24(23-16)8-12-3-4-13(18)14(19)7-12/h3-7,9,11H,8H2,1-2H3,(H,22,23,26). The molecule has 1 atom stereocenters. The lowest BCUT2D eigenvalue weighted by Gasteiger charge is -2.13. The van der Waals surface area contributed by atoms with Crippen molar-refractivity contribution < 1.29 is 4.79 Å². The van der Waals surface area contributed by atoms with Gasteiger partial charge in [0, 0.05) is 18.1 Å². The number of hydrogen-bond acceptors (Lipinski definition) is 3. The highest BCUT2D eigenvalue weighted by molar-refractivity contribution is 6.42. The maximum Gasteiger partial charge on any atom is 0.250 e. The number of aromatic nitrogens is 4. The van der Waals surface area contributed by atoms with E-state index in [-0.39, 0.29) is 5.91 Å². The van der Waals surface area contributed by atoms with E-state index in [1.165, 1.54) is 0 Å². The second-order valence-corrected chi connectivity index (χ2v) is 7.08. The van der Waals surface area contributed by atoms with E-state index in [9.17, 15) is 4.79 Å². The monoisotopic (exact) mass is 411 g/mol. The van der Waals surface area contributed by atoms with E-state index in [0.29, 0.717) is 27.4 Å². The van der Waals surface area contributed by atoms with Gasteiger partial charge in [0.05, 0.1) is 16.6 Å². The minimum absolute atomic E-state index is 0.251. The zero-order chi connectivity index (χ0) is 18.8. The normalized spacial score (nSPS) is 12.2. The minimum atomic E-state index is -0.485. The van der Waals surface area contributed by atoms with Crippen LogP contribution in [0.1, 0.15) is 24.2 Å². The Balaban J connectivity index is 1.72. The molecule has 0 radical (unpaired) electrons. The number of amides is 1. The molecule has 2 heterocycles. The van der Waals surface area contributed by atoms with Crippen molar-refractivity contribution in [3.05, 3.63) is 63.0 Å². The minimum Gasteiger partial charge on any atom is -0.306 e. The molecule has 3 aromatic rings. The number of aryl methyl sites for hydroxylation is 1. The van der Waals surface area contributed by atoms with Crippen LogP contribution < -0.4 is 5.32 Å². The molecule has 0 spiro atoms. The quantitative estimate of drug-likeness (QED) is 0.666. The molecule has 0 fully saturated rings. The average Bonchev–Trinajstić information content (AvgIpc) is 3.16. The maximum atomic E-state index is 12.5. The number of anilines is 1. The van der Waals surface area contributed by atoms with Gasteiger partial charge in [0.2, 0.25) is 5.91 Å². The van der Waals surface area contributed by atoms with E-state index in [4.69, 9.17) is 34.8 Å². The second kappa shape index (κ2) is 7.70. The van der Waals surface area contributed by atoms with Gasteiger partial charge in [-0.15, -0.1) is 0 Å². The molecule has 1 unspecified atom stereocenters. The van der Waals surface area contributed by atoms with E-state index in [2.05, 4.69) is 15.5 Å². The topological polar surface area (TPSA) is 64.7 Å². The van der Waals surface area contributed by atoms with Crippen LogP contribution in [0.4, 0.5) is 5.82 Å². The highest BCUT2D eigenvalue weighted by Crippen LogP contribution is 2.25. The number of carbonyl (C=O) groups is 1. The summed E-state index contributed by atoms with van der Waals surface area (Å²) < 4.78 is 3.26. The predicted octanol–water partition coefficient (Wildman–Crippen LogP) is 4.60. The van der Waals surface area contributed by atoms with Crippen LogP contribution in [0, 0.1) is 6.92 Å². The van der Waals surface area contributed by atoms with Crippen molar-refractivity contribution in [3.63, 3.8) is 0 Å². The second-order valence-electron chi connectivity index (χ2n) is 5.85. The van der Waals surface area contributed by atoms with Crippen LogP contribution in [0.5, 0.6) is 0 Å². The highest BCUT2D eigenvalue weighted by atomic mass is 35.5. The summed E-state index contributed by atoms with van der Waals surface area (Å²) in [5, 5.41) is 12.5. The molecule has 0 aliphatic heterocycles. The summed E-state index contributed by atoms with van der Waals surface area (Å²) in [7, 11) is 0. The summed E-state index contributed by atoms with van der Waals surface area (Å²) in [5.74, 6) is 0.0480. The van der Waals surface area contributed by atoms with Crippen molar-refractivity contribution in [2.24, 2.45) is 0 Å². The third kappa shape index (κ3) is 4.03. The van der Waals surface area contributed by atoms with E-state index >= 15 is 0 Å². The van der Waals surface area contributed by atoms with Crippen molar-refractivity contribution in [1.29, 1.82) is 0 Å². The Kier molecular flexibility index (Phi) is 5.55. The van der Waals surface area contributed by atoms with E-state index < -0.39 is 6.04 Å². The van der Waals surface area contributed by atoms with E-state index in [0.717, 1.165) is 11.3 Å². The summed E-state index contributed by atoms with van der Waals surface area (Å²) >= 11 is 18.2. The molecule has 6 nitrogen and oxygen atoms in total. The predicted molar refractivity (Wildman–Crippen MR) is 103 cm³/mol. The molecule has 9 heteroatoms. The van der Waals surface area contributed by atoms with Gasteiger partial charge in [0.1, 0.15) is 11.1 Å². The molecule has 26 heavy (non-hydrogen) atoms. The lowest BCUT2D eigenvalue weighted by Crippen LogP contribution is -2.25. The number of hydrogen-bond donors (Lipinski definition) is 1. The van der Waals surface area contributed by atoms with Crippen LogP contribution >= 0.6 is 34.8 Å². The lowest BCUT2D eigenvalue weighted by atomic mass is 10.2. The van der Waals surface area contributed by atoms with Gasteiger partial charge in [-0.05, 0) is 37.6 Å². The zero-order valence-electron chi connectivity index (χ0n) is 14.1. The molecule has 2 aromatic heterocycles. The molecule has 0 aliphatic rings. The molecule has 0 saturated carbocycles. The maximum absolute atomic E-state index is 12.5. The number of nitrogens with zero attached hydrogens (tertiary/aromatic N) is 4. The number of carbonyl (C=O) groups excluding carboxylic acids is 1. The first-order valence-electron chi connectivity index (χ1n) is 7.83. The molecule has 0 saturated heterocycles. The first-order valence-corrected chi connectivity index (χ1v) is 8.96. The largest absolute Gasteiger partial charge is 0.306 e. The Bertz CT molecular complexity index is 950. The van der Waals surface area contributed by atoms with Crippen molar-refractivity contribution >= 4 is 46.5 Å². The van der Waals surface area contributed by atoms with Crippen LogP contribution in [0.25, 0.3) is 0 Å². The Hall–Kier alpha value is -2.02. The van der Waals surface area contributed by atoms with Crippen molar-refractivity contribution in [3.8, 4) is 0 Å². The van der Waals surface area contributed by atoms with Gasteiger partial charge >= 0.3 is 0 Å². The Morgan fingerprint density at radius 1 is 1.19 bits per heavy atom. The molecule has 1 amide bonds. The fraction of sp³-hybridized carbons (Fsp3) is 0.235. The first-order chi connectivity index (χ1) is 12.3. The van der Waals surface area contributed by atoms with Gasteiger partial charge in [-0.1, -0.05) is 40.9 Å². The van der Waals surface area contributed by atoms with Gasteiger partial charge in [-0.2, -0.15) is 10.2 Å². The van der Waals surface area contributed by atoms with Gasteiger partial charge in [0.15, 0.2) is 5.82 Å². The summed E-state index contributed by atoms with van der Waals surface area (Å²) in [5.41, 5.74) is 1.81. The lowest BCUT2D eigenvalue weighted by molar-refractivity contribution is -0.119. The fourth-order valence-electron chi connectivity index (χ4n) is 2.51. The molecular formula is C17H16Cl3N5O. The number of halogens is 3. The van der Waals surface area contributed by atoms with Crippen LogP contribution in [0.3, 0.4) is 0 Å². The van der Waals surface area contributed by atoms with Gasteiger partial charge < -0.3 is 5.32 Å². The summed E-state index contributed by atoms with van der Waals surface area (Å²) in [6, 6.07) is 6.69. The average molecular weight is 413 g/mol. The SMILES string of the molecule is Cc1ccnn1C(C)C(=O)Nc1nn(Cc2ccc(Cl)c(Cl)c2)cc1Cl. The number of benzene rings is 1. The Labute approximate surface area is 165 Å². The summed E-state index contributed by atoms with van der Waals surface area (Å²) in [6.45, 7) is 4.09. The van der Waals surface area contributed by atoms with Crippen LogP contribution in [0.2, 0.25) is 15.1 Å². The van der Waals surface area contributed by atoms with Gasteiger partial charge in [-0.25, -0.2) is 0 Å². The van der Waals surface area contributed by atoms with Crippen LogP contribution in [-0.4, -0.2) is 25.5 Å². The van der Waals surface area contributed by atoms with Crippen LogP contribution in [-0.2, 0) is 11.3 Å². The van der Waals surface area contributed by atoms with Gasteiger partial charge in [0.25, 0.3) is 0 Å².